The summed E-state index contributed by atoms with van der Waals surface area (Å²) in [5.74, 6) is 0.802. The second-order valence-corrected chi connectivity index (χ2v) is 5.60. The molecule has 1 aromatic heterocycles. The normalized spacial score (nSPS) is 16.5. The Hall–Kier alpha value is -1.82. The number of ether oxygens (including phenoxy) is 1. The standard InChI is InChI=1S/C16H24N2O4/c1-3-8-17-15(19)12-6-9-18(10-7-12)11-13-4-5-14(22-13)16(20)21-2/h4-5,12H,3,6-11H2,1-2H3,(H,17,19). The third kappa shape index (κ3) is 4.34. The third-order valence-electron chi connectivity index (χ3n) is 3.94. The quantitative estimate of drug-likeness (QED) is 0.811. The molecule has 2 rings (SSSR count). The first kappa shape index (κ1) is 16.5. The van der Waals surface area contributed by atoms with Gasteiger partial charge in [-0.1, -0.05) is 6.92 Å². The van der Waals surface area contributed by atoms with Crippen LogP contribution in [0.5, 0.6) is 0 Å². The predicted octanol–water partition coefficient (Wildman–Crippen LogP) is 1.80. The molecule has 0 unspecified atom stereocenters. The van der Waals surface area contributed by atoms with Gasteiger partial charge in [-0.15, -0.1) is 0 Å². The van der Waals surface area contributed by atoms with E-state index in [2.05, 4.69) is 21.9 Å². The molecule has 1 aliphatic rings. The van der Waals surface area contributed by atoms with Crippen LogP contribution in [0.4, 0.5) is 0 Å². The molecular weight excluding hydrogens is 284 g/mol. The summed E-state index contributed by atoms with van der Waals surface area (Å²) in [5, 5.41) is 2.96. The molecule has 1 aliphatic heterocycles. The van der Waals surface area contributed by atoms with Crippen molar-refractivity contribution >= 4 is 11.9 Å². The first-order valence-electron chi connectivity index (χ1n) is 7.81. The van der Waals surface area contributed by atoms with Gasteiger partial charge in [0.05, 0.1) is 13.7 Å². The molecule has 0 aliphatic carbocycles. The number of piperidine rings is 1. The number of nitrogens with one attached hydrogen (secondary N) is 1. The van der Waals surface area contributed by atoms with Crippen molar-refractivity contribution in [2.45, 2.75) is 32.7 Å². The molecular formula is C16H24N2O4. The first-order valence-corrected chi connectivity index (χ1v) is 7.81. The van der Waals surface area contributed by atoms with E-state index in [4.69, 9.17) is 4.42 Å². The summed E-state index contributed by atoms with van der Waals surface area (Å²) in [7, 11) is 1.33. The predicted molar refractivity (Wildman–Crippen MR) is 81.3 cm³/mol. The van der Waals surface area contributed by atoms with Crippen molar-refractivity contribution in [2.24, 2.45) is 5.92 Å². The lowest BCUT2D eigenvalue weighted by Gasteiger charge is -2.30. The Kier molecular flexibility index (Phi) is 6.00. The second-order valence-electron chi connectivity index (χ2n) is 5.60. The van der Waals surface area contributed by atoms with Gasteiger partial charge in [0.25, 0.3) is 0 Å². The number of furan rings is 1. The van der Waals surface area contributed by atoms with E-state index in [0.717, 1.165) is 44.7 Å². The summed E-state index contributed by atoms with van der Waals surface area (Å²) >= 11 is 0. The van der Waals surface area contributed by atoms with E-state index < -0.39 is 5.97 Å². The Balaban J connectivity index is 1.78. The van der Waals surface area contributed by atoms with Crippen molar-refractivity contribution in [1.29, 1.82) is 0 Å². The minimum atomic E-state index is -0.461. The Bertz CT molecular complexity index is 504. The van der Waals surface area contributed by atoms with Crippen LogP contribution in [0.25, 0.3) is 0 Å². The van der Waals surface area contributed by atoms with Crippen LogP contribution < -0.4 is 5.32 Å². The van der Waals surface area contributed by atoms with Crippen molar-refractivity contribution in [2.75, 3.05) is 26.7 Å². The summed E-state index contributed by atoms with van der Waals surface area (Å²) in [6.45, 7) is 5.17. The summed E-state index contributed by atoms with van der Waals surface area (Å²) in [6.07, 6.45) is 2.69. The SMILES string of the molecule is CCCNC(=O)C1CCN(Cc2ccc(C(=O)OC)o2)CC1. The fourth-order valence-electron chi connectivity index (χ4n) is 2.64. The molecule has 0 bridgehead atoms. The van der Waals surface area contributed by atoms with Crippen molar-refractivity contribution in [1.82, 2.24) is 10.2 Å². The van der Waals surface area contributed by atoms with Crippen LogP contribution in [0.1, 0.15) is 42.5 Å². The fraction of sp³-hybridized carbons (Fsp3) is 0.625. The van der Waals surface area contributed by atoms with Gasteiger partial charge in [0.1, 0.15) is 5.76 Å². The highest BCUT2D eigenvalue weighted by molar-refractivity contribution is 5.86. The Morgan fingerprint density at radius 1 is 1.36 bits per heavy atom. The van der Waals surface area contributed by atoms with Crippen LogP contribution in [-0.4, -0.2) is 43.5 Å². The van der Waals surface area contributed by atoms with E-state index >= 15 is 0 Å². The highest BCUT2D eigenvalue weighted by Crippen LogP contribution is 2.20. The summed E-state index contributed by atoms with van der Waals surface area (Å²) in [5.41, 5.74) is 0. The maximum Gasteiger partial charge on any atom is 0.373 e. The zero-order valence-corrected chi connectivity index (χ0v) is 13.3. The number of methoxy groups -OCH3 is 1. The molecule has 0 spiro atoms. The van der Waals surface area contributed by atoms with Crippen LogP contribution in [0.2, 0.25) is 0 Å². The van der Waals surface area contributed by atoms with E-state index in [0.29, 0.717) is 6.54 Å². The molecule has 1 N–H and O–H groups in total. The number of carbonyl (C=O) groups excluding carboxylic acids is 2. The molecule has 1 aromatic rings. The van der Waals surface area contributed by atoms with Gasteiger partial charge in [-0.3, -0.25) is 9.69 Å². The summed E-state index contributed by atoms with van der Waals surface area (Å²) in [4.78, 5) is 25.5. The average molecular weight is 308 g/mol. The van der Waals surface area contributed by atoms with Crippen LogP contribution >= 0.6 is 0 Å². The lowest BCUT2D eigenvalue weighted by molar-refractivity contribution is -0.126. The molecule has 0 radical (unpaired) electrons. The van der Waals surface area contributed by atoms with Crippen LogP contribution in [0.3, 0.4) is 0 Å². The van der Waals surface area contributed by atoms with Gasteiger partial charge in [0.15, 0.2) is 0 Å². The highest BCUT2D eigenvalue weighted by atomic mass is 16.5. The lowest BCUT2D eigenvalue weighted by Crippen LogP contribution is -2.40. The first-order chi connectivity index (χ1) is 10.6. The molecule has 6 heteroatoms. The smallest absolute Gasteiger partial charge is 0.373 e. The van der Waals surface area contributed by atoms with E-state index in [9.17, 15) is 9.59 Å². The Labute approximate surface area is 130 Å². The number of esters is 1. The van der Waals surface area contributed by atoms with Crippen LogP contribution in [0.15, 0.2) is 16.5 Å². The van der Waals surface area contributed by atoms with E-state index in [1.54, 1.807) is 12.1 Å². The average Bonchev–Trinajstić information content (AvgIpc) is 3.01. The third-order valence-corrected chi connectivity index (χ3v) is 3.94. The molecule has 1 fully saturated rings. The monoisotopic (exact) mass is 308 g/mol. The Morgan fingerprint density at radius 3 is 2.73 bits per heavy atom. The molecule has 6 nitrogen and oxygen atoms in total. The van der Waals surface area contributed by atoms with Gasteiger partial charge >= 0.3 is 5.97 Å². The van der Waals surface area contributed by atoms with E-state index in [1.807, 2.05) is 0 Å². The zero-order chi connectivity index (χ0) is 15.9. The van der Waals surface area contributed by atoms with Crippen molar-refractivity contribution in [3.63, 3.8) is 0 Å². The number of nitrogens with zero attached hydrogens (tertiary/aromatic N) is 1. The number of hydrogen-bond donors (Lipinski definition) is 1. The minimum Gasteiger partial charge on any atom is -0.463 e. The van der Waals surface area contributed by atoms with Crippen LogP contribution in [0, 0.1) is 5.92 Å². The molecule has 0 saturated carbocycles. The molecule has 1 saturated heterocycles. The summed E-state index contributed by atoms with van der Waals surface area (Å²) < 4.78 is 10.1. The van der Waals surface area contributed by atoms with Crippen molar-refractivity contribution in [3.8, 4) is 0 Å². The Morgan fingerprint density at radius 2 is 2.09 bits per heavy atom. The zero-order valence-electron chi connectivity index (χ0n) is 13.3. The number of likely N-dealkylation sites (tertiary alicyclic amines) is 1. The highest BCUT2D eigenvalue weighted by Gasteiger charge is 2.25. The van der Waals surface area contributed by atoms with Crippen molar-refractivity contribution in [3.05, 3.63) is 23.7 Å². The largest absolute Gasteiger partial charge is 0.463 e. The van der Waals surface area contributed by atoms with Gasteiger partial charge < -0.3 is 14.5 Å². The molecule has 0 atom stereocenters. The molecule has 0 aromatic carbocycles. The van der Waals surface area contributed by atoms with Gasteiger partial charge in [0.2, 0.25) is 11.7 Å². The number of hydrogen-bond acceptors (Lipinski definition) is 5. The van der Waals surface area contributed by atoms with Gasteiger partial charge in [-0.25, -0.2) is 4.79 Å². The molecule has 22 heavy (non-hydrogen) atoms. The van der Waals surface area contributed by atoms with E-state index in [1.165, 1.54) is 7.11 Å². The lowest BCUT2D eigenvalue weighted by atomic mass is 9.96. The summed E-state index contributed by atoms with van der Waals surface area (Å²) in [6, 6.07) is 3.43. The maximum absolute atomic E-state index is 11.9. The van der Waals surface area contributed by atoms with Crippen molar-refractivity contribution < 1.29 is 18.7 Å². The maximum atomic E-state index is 11.9. The minimum absolute atomic E-state index is 0.116. The van der Waals surface area contributed by atoms with Gasteiger partial charge in [-0.05, 0) is 44.5 Å². The fourth-order valence-corrected chi connectivity index (χ4v) is 2.64. The molecule has 2 heterocycles. The molecule has 122 valence electrons. The van der Waals surface area contributed by atoms with Gasteiger partial charge in [0, 0.05) is 12.5 Å². The van der Waals surface area contributed by atoms with Crippen LogP contribution in [-0.2, 0) is 16.1 Å². The second kappa shape index (κ2) is 7.98. The van der Waals surface area contributed by atoms with Gasteiger partial charge in [-0.2, -0.15) is 0 Å². The number of rotatable bonds is 6. The number of carbonyl (C=O) groups is 2. The number of amides is 1. The van der Waals surface area contributed by atoms with E-state index in [-0.39, 0.29) is 17.6 Å². The molecule has 1 amide bonds. The topological polar surface area (TPSA) is 71.8 Å².